The van der Waals surface area contributed by atoms with Gasteiger partial charge in [-0.1, -0.05) is 35.5 Å². The average molecular weight is 337 g/mol. The van der Waals surface area contributed by atoms with Crippen molar-refractivity contribution in [1.29, 1.82) is 0 Å². The van der Waals surface area contributed by atoms with Gasteiger partial charge in [0.15, 0.2) is 5.82 Å². The Morgan fingerprint density at radius 3 is 2.68 bits per heavy atom. The highest BCUT2D eigenvalue weighted by molar-refractivity contribution is 5.82. The van der Waals surface area contributed by atoms with Crippen molar-refractivity contribution in [2.24, 2.45) is 5.92 Å². The minimum atomic E-state index is -0.326. The maximum Gasteiger partial charge on any atom is 0.257 e. The SMILES string of the molecule is O=C(NCc1noc(-c2ccc(F)cc2)n1)[C@@H]1C[C@H]1c1ccccc1. The fourth-order valence-electron chi connectivity index (χ4n) is 2.89. The Bertz CT molecular complexity index is 877. The van der Waals surface area contributed by atoms with Crippen molar-refractivity contribution >= 4 is 5.91 Å². The van der Waals surface area contributed by atoms with Crippen molar-refractivity contribution in [3.8, 4) is 11.5 Å². The Morgan fingerprint density at radius 1 is 1.16 bits per heavy atom. The number of amides is 1. The molecule has 4 rings (SSSR count). The number of aromatic nitrogens is 2. The molecule has 1 amide bonds. The zero-order chi connectivity index (χ0) is 17.2. The summed E-state index contributed by atoms with van der Waals surface area (Å²) < 4.78 is 18.1. The van der Waals surface area contributed by atoms with Crippen molar-refractivity contribution < 1.29 is 13.7 Å². The standard InChI is InChI=1S/C19H16FN3O2/c20-14-8-6-13(7-9-14)19-22-17(23-25-19)11-21-18(24)16-10-15(16)12-4-2-1-3-5-12/h1-9,15-16H,10-11H2,(H,21,24)/t15-,16+/m0/s1. The molecular weight excluding hydrogens is 321 g/mol. The highest BCUT2D eigenvalue weighted by atomic mass is 19.1. The normalized spacial score (nSPS) is 18.8. The van der Waals surface area contributed by atoms with Crippen LogP contribution < -0.4 is 5.32 Å². The minimum absolute atomic E-state index is 0.00184. The smallest absolute Gasteiger partial charge is 0.257 e. The quantitative estimate of drug-likeness (QED) is 0.776. The van der Waals surface area contributed by atoms with Gasteiger partial charge in [0.05, 0.1) is 6.54 Å². The first-order chi connectivity index (χ1) is 12.2. The highest BCUT2D eigenvalue weighted by Gasteiger charge is 2.43. The highest BCUT2D eigenvalue weighted by Crippen LogP contribution is 2.47. The summed E-state index contributed by atoms with van der Waals surface area (Å²) in [6.07, 6.45) is 0.864. The summed E-state index contributed by atoms with van der Waals surface area (Å²) in [6.45, 7) is 0.210. The zero-order valence-corrected chi connectivity index (χ0v) is 13.4. The lowest BCUT2D eigenvalue weighted by atomic mass is 10.1. The van der Waals surface area contributed by atoms with Crippen molar-refractivity contribution in [2.45, 2.75) is 18.9 Å². The molecule has 1 aliphatic carbocycles. The average Bonchev–Trinajstić information content (AvgIpc) is 3.32. The van der Waals surface area contributed by atoms with Crippen LogP contribution in [-0.4, -0.2) is 16.0 Å². The van der Waals surface area contributed by atoms with Crippen molar-refractivity contribution in [3.63, 3.8) is 0 Å². The lowest BCUT2D eigenvalue weighted by Gasteiger charge is -2.02. The summed E-state index contributed by atoms with van der Waals surface area (Å²) in [6, 6.07) is 15.8. The summed E-state index contributed by atoms with van der Waals surface area (Å²) in [7, 11) is 0. The van der Waals surface area contributed by atoms with E-state index in [0.29, 0.717) is 23.2 Å². The van der Waals surface area contributed by atoms with Crippen molar-refractivity contribution in [3.05, 3.63) is 71.8 Å². The Morgan fingerprint density at radius 2 is 1.92 bits per heavy atom. The molecule has 1 aromatic heterocycles. The van der Waals surface area contributed by atoms with E-state index < -0.39 is 0 Å². The molecule has 1 heterocycles. The minimum Gasteiger partial charge on any atom is -0.348 e. The second kappa shape index (κ2) is 6.47. The van der Waals surface area contributed by atoms with Gasteiger partial charge in [0.1, 0.15) is 5.82 Å². The molecule has 3 aromatic rings. The topological polar surface area (TPSA) is 68.0 Å². The molecule has 0 unspecified atom stereocenters. The number of rotatable bonds is 5. The number of benzene rings is 2. The van der Waals surface area contributed by atoms with Crippen LogP contribution in [0.2, 0.25) is 0 Å². The second-order valence-electron chi connectivity index (χ2n) is 6.10. The number of carbonyl (C=O) groups excluding carboxylic acids is 1. The first kappa shape index (κ1) is 15.5. The van der Waals surface area contributed by atoms with Crippen molar-refractivity contribution in [1.82, 2.24) is 15.5 Å². The molecule has 1 N–H and O–H groups in total. The fraction of sp³-hybridized carbons (Fsp3) is 0.211. The predicted octanol–water partition coefficient (Wildman–Crippen LogP) is 3.30. The second-order valence-corrected chi connectivity index (χ2v) is 6.10. The van der Waals surface area contributed by atoms with Gasteiger partial charge in [-0.3, -0.25) is 4.79 Å². The lowest BCUT2D eigenvalue weighted by Crippen LogP contribution is -2.25. The number of nitrogens with zero attached hydrogens (tertiary/aromatic N) is 2. The molecule has 6 heteroatoms. The van der Waals surface area contributed by atoms with Crippen LogP contribution in [0.5, 0.6) is 0 Å². The molecule has 2 aromatic carbocycles. The van der Waals surface area contributed by atoms with E-state index >= 15 is 0 Å². The molecule has 0 radical (unpaired) electrons. The van der Waals surface area contributed by atoms with Crippen LogP contribution in [0.15, 0.2) is 59.1 Å². The predicted molar refractivity (Wildman–Crippen MR) is 88.8 cm³/mol. The van der Waals surface area contributed by atoms with Gasteiger partial charge in [-0.25, -0.2) is 4.39 Å². The van der Waals surface area contributed by atoms with E-state index in [9.17, 15) is 9.18 Å². The van der Waals surface area contributed by atoms with Crippen LogP contribution in [0.25, 0.3) is 11.5 Å². The van der Waals surface area contributed by atoms with Gasteiger partial charge in [0.2, 0.25) is 5.91 Å². The summed E-state index contributed by atoms with van der Waals surface area (Å²) >= 11 is 0. The number of halogens is 1. The maximum absolute atomic E-state index is 12.9. The van der Waals surface area contributed by atoms with Gasteiger partial charge in [-0.05, 0) is 42.2 Å². The van der Waals surface area contributed by atoms with Gasteiger partial charge >= 0.3 is 0 Å². The number of hydrogen-bond donors (Lipinski definition) is 1. The first-order valence-corrected chi connectivity index (χ1v) is 8.12. The molecule has 25 heavy (non-hydrogen) atoms. The number of nitrogens with one attached hydrogen (secondary N) is 1. The molecule has 0 saturated heterocycles. The molecule has 0 aliphatic heterocycles. The third-order valence-electron chi connectivity index (χ3n) is 4.33. The Kier molecular flexibility index (Phi) is 4.01. The fourth-order valence-corrected chi connectivity index (χ4v) is 2.89. The van der Waals surface area contributed by atoms with E-state index in [1.807, 2.05) is 30.3 Å². The van der Waals surface area contributed by atoms with Gasteiger partial charge < -0.3 is 9.84 Å². The molecular formula is C19H16FN3O2. The number of carbonyl (C=O) groups is 1. The van der Waals surface area contributed by atoms with Crippen LogP contribution in [-0.2, 0) is 11.3 Å². The molecule has 1 fully saturated rings. The van der Waals surface area contributed by atoms with Gasteiger partial charge in [0, 0.05) is 11.5 Å². The number of hydrogen-bond acceptors (Lipinski definition) is 4. The Hall–Kier alpha value is -3.02. The molecule has 0 bridgehead atoms. The van der Waals surface area contributed by atoms with E-state index in [4.69, 9.17) is 4.52 Å². The summed E-state index contributed by atoms with van der Waals surface area (Å²) in [5.41, 5.74) is 1.83. The Balaban J connectivity index is 1.33. The van der Waals surface area contributed by atoms with E-state index in [2.05, 4.69) is 15.5 Å². The van der Waals surface area contributed by atoms with Crippen LogP contribution in [0, 0.1) is 11.7 Å². The Labute approximate surface area is 143 Å². The largest absolute Gasteiger partial charge is 0.348 e. The van der Waals surface area contributed by atoms with Crippen LogP contribution in [0.1, 0.15) is 23.7 Å². The summed E-state index contributed by atoms with van der Waals surface area (Å²) in [5.74, 6) is 0.671. The van der Waals surface area contributed by atoms with Crippen LogP contribution in [0.4, 0.5) is 4.39 Å². The monoisotopic (exact) mass is 337 g/mol. The molecule has 5 nitrogen and oxygen atoms in total. The van der Waals surface area contributed by atoms with Gasteiger partial charge in [-0.15, -0.1) is 0 Å². The van der Waals surface area contributed by atoms with E-state index in [1.54, 1.807) is 12.1 Å². The zero-order valence-electron chi connectivity index (χ0n) is 13.4. The lowest BCUT2D eigenvalue weighted by molar-refractivity contribution is -0.122. The molecule has 2 atom stereocenters. The summed E-state index contributed by atoms with van der Waals surface area (Å²) in [5, 5.41) is 6.70. The molecule has 0 spiro atoms. The third-order valence-corrected chi connectivity index (χ3v) is 4.33. The van der Waals surface area contributed by atoms with E-state index in [0.717, 1.165) is 6.42 Å². The van der Waals surface area contributed by atoms with E-state index in [1.165, 1.54) is 17.7 Å². The molecule has 126 valence electrons. The first-order valence-electron chi connectivity index (χ1n) is 8.12. The third kappa shape index (κ3) is 3.42. The summed E-state index contributed by atoms with van der Waals surface area (Å²) in [4.78, 5) is 16.5. The maximum atomic E-state index is 12.9. The molecule has 1 saturated carbocycles. The van der Waals surface area contributed by atoms with Crippen molar-refractivity contribution in [2.75, 3.05) is 0 Å². The van der Waals surface area contributed by atoms with Crippen LogP contribution >= 0.6 is 0 Å². The molecule has 1 aliphatic rings. The van der Waals surface area contributed by atoms with E-state index in [-0.39, 0.29) is 24.2 Å². The van der Waals surface area contributed by atoms with Gasteiger partial charge in [-0.2, -0.15) is 4.98 Å². The van der Waals surface area contributed by atoms with Crippen LogP contribution in [0.3, 0.4) is 0 Å². The van der Waals surface area contributed by atoms with Gasteiger partial charge in [0.25, 0.3) is 5.89 Å².